The van der Waals surface area contributed by atoms with Crippen LogP contribution in [0.5, 0.6) is 5.75 Å². The van der Waals surface area contributed by atoms with Crippen LogP contribution in [0.1, 0.15) is 18.4 Å². The Morgan fingerprint density at radius 2 is 2.27 bits per heavy atom. The maximum Gasteiger partial charge on any atom is 0.300 e. The molecule has 22 heavy (non-hydrogen) atoms. The molecule has 1 amide bonds. The number of benzene rings is 1. The predicted octanol–water partition coefficient (Wildman–Crippen LogP) is 2.12. The van der Waals surface area contributed by atoms with Crippen molar-refractivity contribution in [3.05, 3.63) is 41.2 Å². The molecule has 5 nitrogen and oxygen atoms in total. The SMILES string of the molecule is Cl.[C-]#[N+][C@@H]1CCCN1C(=O)CNCCc1ccccc1OC. The van der Waals surface area contributed by atoms with Crippen molar-refractivity contribution in [2.24, 2.45) is 0 Å². The number of rotatable bonds is 6. The second-order valence-corrected chi connectivity index (χ2v) is 5.08. The Bertz CT molecular complexity index is 530. The first-order chi connectivity index (χ1) is 10.3. The minimum absolute atomic E-state index is 0. The van der Waals surface area contributed by atoms with E-state index in [9.17, 15) is 4.79 Å². The van der Waals surface area contributed by atoms with Crippen LogP contribution in [0.2, 0.25) is 0 Å². The van der Waals surface area contributed by atoms with E-state index in [0.717, 1.165) is 30.6 Å². The molecule has 1 fully saturated rings. The molecule has 1 aromatic carbocycles. The lowest BCUT2D eigenvalue weighted by Crippen LogP contribution is -2.40. The zero-order valence-electron chi connectivity index (χ0n) is 12.7. The van der Waals surface area contributed by atoms with Crippen LogP contribution in [0.4, 0.5) is 0 Å². The summed E-state index contributed by atoms with van der Waals surface area (Å²) in [6, 6.07) is 7.88. The van der Waals surface area contributed by atoms with Gasteiger partial charge in [0.25, 0.3) is 0 Å². The van der Waals surface area contributed by atoms with Crippen LogP contribution in [0.15, 0.2) is 24.3 Å². The van der Waals surface area contributed by atoms with E-state index in [1.807, 2.05) is 24.3 Å². The Labute approximate surface area is 137 Å². The smallest absolute Gasteiger partial charge is 0.300 e. The Morgan fingerprint density at radius 1 is 1.50 bits per heavy atom. The van der Waals surface area contributed by atoms with Gasteiger partial charge in [0, 0.05) is 13.0 Å². The van der Waals surface area contributed by atoms with E-state index < -0.39 is 0 Å². The molecule has 1 atom stereocenters. The molecule has 1 aliphatic heterocycles. The van der Waals surface area contributed by atoms with Crippen LogP contribution in [0.25, 0.3) is 4.85 Å². The summed E-state index contributed by atoms with van der Waals surface area (Å²) in [6.07, 6.45) is 2.29. The number of amides is 1. The standard InChI is InChI=1S/C16H21N3O2.ClH/c1-17-15-8-5-11-19(15)16(20)12-18-10-9-13-6-3-4-7-14(13)21-2;/h3-4,6-7,15,18H,5,8-12H2,2H3;1H/t15-;/m0./s1. The maximum atomic E-state index is 12.0. The molecule has 1 saturated heterocycles. The van der Waals surface area contributed by atoms with Crippen LogP contribution >= 0.6 is 12.4 Å². The lowest BCUT2D eigenvalue weighted by molar-refractivity contribution is -0.130. The lowest BCUT2D eigenvalue weighted by Gasteiger charge is -2.16. The fraction of sp³-hybridized carbons (Fsp3) is 0.500. The van der Waals surface area contributed by atoms with E-state index in [4.69, 9.17) is 11.3 Å². The number of ether oxygens (including phenoxy) is 1. The normalized spacial score (nSPS) is 16.7. The summed E-state index contributed by atoms with van der Waals surface area (Å²) in [5.41, 5.74) is 1.13. The highest BCUT2D eigenvalue weighted by Gasteiger charge is 2.32. The first kappa shape index (κ1) is 18.3. The fourth-order valence-corrected chi connectivity index (χ4v) is 2.60. The number of para-hydroxylation sites is 1. The van der Waals surface area contributed by atoms with Crippen molar-refractivity contribution >= 4 is 18.3 Å². The summed E-state index contributed by atoms with van der Waals surface area (Å²) in [6.45, 7) is 8.80. The van der Waals surface area contributed by atoms with Crippen molar-refractivity contribution in [1.82, 2.24) is 10.2 Å². The number of halogens is 1. The molecule has 0 radical (unpaired) electrons. The number of nitrogens with zero attached hydrogens (tertiary/aromatic N) is 2. The van der Waals surface area contributed by atoms with Gasteiger partial charge in [-0.25, -0.2) is 6.57 Å². The Hall–Kier alpha value is -1.77. The molecule has 6 heteroatoms. The number of carbonyl (C=O) groups is 1. The Morgan fingerprint density at radius 3 is 3.00 bits per heavy atom. The number of hydrogen-bond donors (Lipinski definition) is 1. The highest BCUT2D eigenvalue weighted by molar-refractivity contribution is 5.85. The average Bonchev–Trinajstić information content (AvgIpc) is 3.00. The van der Waals surface area contributed by atoms with Gasteiger partial charge in [-0.15, -0.1) is 12.4 Å². The van der Waals surface area contributed by atoms with E-state index in [2.05, 4.69) is 10.2 Å². The largest absolute Gasteiger partial charge is 0.496 e. The molecular weight excluding hydrogens is 302 g/mol. The maximum absolute atomic E-state index is 12.0. The van der Waals surface area contributed by atoms with Crippen molar-refractivity contribution < 1.29 is 9.53 Å². The Balaban J connectivity index is 0.00000242. The average molecular weight is 324 g/mol. The quantitative estimate of drug-likeness (QED) is 0.644. The van der Waals surface area contributed by atoms with Gasteiger partial charge in [0.15, 0.2) is 0 Å². The van der Waals surface area contributed by atoms with E-state index in [1.165, 1.54) is 0 Å². The van der Waals surface area contributed by atoms with Gasteiger partial charge in [-0.3, -0.25) is 14.5 Å². The molecule has 1 heterocycles. The monoisotopic (exact) mass is 323 g/mol. The number of carbonyl (C=O) groups excluding carboxylic acids is 1. The first-order valence-electron chi connectivity index (χ1n) is 7.25. The van der Waals surface area contributed by atoms with Crippen LogP contribution in [-0.2, 0) is 11.2 Å². The highest BCUT2D eigenvalue weighted by Crippen LogP contribution is 2.18. The molecule has 0 unspecified atom stereocenters. The predicted molar refractivity (Wildman–Crippen MR) is 88.2 cm³/mol. The fourth-order valence-electron chi connectivity index (χ4n) is 2.60. The van der Waals surface area contributed by atoms with E-state index in [-0.39, 0.29) is 24.5 Å². The van der Waals surface area contributed by atoms with Gasteiger partial charge in [-0.1, -0.05) is 18.2 Å². The van der Waals surface area contributed by atoms with Gasteiger partial charge < -0.3 is 10.1 Å². The van der Waals surface area contributed by atoms with Crippen LogP contribution < -0.4 is 10.1 Å². The molecule has 0 spiro atoms. The summed E-state index contributed by atoms with van der Waals surface area (Å²) < 4.78 is 5.30. The van der Waals surface area contributed by atoms with Crippen molar-refractivity contribution in [2.75, 3.05) is 26.7 Å². The Kier molecular flexibility index (Phi) is 7.72. The minimum Gasteiger partial charge on any atom is -0.496 e. The van der Waals surface area contributed by atoms with Gasteiger partial charge in [0.2, 0.25) is 5.91 Å². The summed E-state index contributed by atoms with van der Waals surface area (Å²) in [4.78, 5) is 17.2. The molecule has 0 saturated carbocycles. The third kappa shape index (κ3) is 4.62. The van der Waals surface area contributed by atoms with E-state index in [0.29, 0.717) is 19.6 Å². The van der Waals surface area contributed by atoms with Gasteiger partial charge >= 0.3 is 6.17 Å². The van der Waals surface area contributed by atoms with Gasteiger partial charge in [0.05, 0.1) is 13.7 Å². The van der Waals surface area contributed by atoms with Gasteiger partial charge in [0.1, 0.15) is 5.75 Å². The van der Waals surface area contributed by atoms with Crippen molar-refractivity contribution in [2.45, 2.75) is 25.4 Å². The summed E-state index contributed by atoms with van der Waals surface area (Å²) in [5, 5.41) is 3.16. The van der Waals surface area contributed by atoms with Gasteiger partial charge in [-0.2, -0.15) is 0 Å². The zero-order valence-corrected chi connectivity index (χ0v) is 13.6. The lowest BCUT2D eigenvalue weighted by atomic mass is 10.1. The van der Waals surface area contributed by atoms with Gasteiger partial charge in [-0.05, 0) is 31.0 Å². The summed E-state index contributed by atoms with van der Waals surface area (Å²) in [5.74, 6) is 0.895. The summed E-state index contributed by atoms with van der Waals surface area (Å²) in [7, 11) is 1.66. The van der Waals surface area contributed by atoms with Crippen molar-refractivity contribution in [3.8, 4) is 5.75 Å². The van der Waals surface area contributed by atoms with Crippen LogP contribution in [-0.4, -0.2) is 43.7 Å². The molecule has 1 N–H and O–H groups in total. The number of methoxy groups -OCH3 is 1. The molecule has 2 rings (SSSR count). The van der Waals surface area contributed by atoms with Crippen LogP contribution in [0.3, 0.4) is 0 Å². The number of likely N-dealkylation sites (tertiary alicyclic amines) is 1. The third-order valence-electron chi connectivity index (χ3n) is 3.73. The first-order valence-corrected chi connectivity index (χ1v) is 7.25. The second kappa shape index (κ2) is 9.29. The zero-order chi connectivity index (χ0) is 15.1. The van der Waals surface area contributed by atoms with E-state index >= 15 is 0 Å². The topological polar surface area (TPSA) is 45.9 Å². The van der Waals surface area contributed by atoms with Crippen LogP contribution in [0, 0.1) is 6.57 Å². The minimum atomic E-state index is -0.256. The number of nitrogens with one attached hydrogen (secondary N) is 1. The molecular formula is C16H22ClN3O2. The van der Waals surface area contributed by atoms with Crippen molar-refractivity contribution in [1.29, 1.82) is 0 Å². The van der Waals surface area contributed by atoms with Crippen molar-refractivity contribution in [3.63, 3.8) is 0 Å². The molecule has 1 aliphatic rings. The summed E-state index contributed by atoms with van der Waals surface area (Å²) >= 11 is 0. The molecule has 120 valence electrons. The third-order valence-corrected chi connectivity index (χ3v) is 3.73. The number of hydrogen-bond acceptors (Lipinski definition) is 3. The molecule has 0 bridgehead atoms. The molecule has 0 aromatic heterocycles. The molecule has 0 aliphatic carbocycles. The second-order valence-electron chi connectivity index (χ2n) is 5.08. The molecule has 1 aromatic rings. The highest BCUT2D eigenvalue weighted by atomic mass is 35.5. The van der Waals surface area contributed by atoms with E-state index in [1.54, 1.807) is 12.0 Å².